The fourth-order valence-electron chi connectivity index (χ4n) is 1.76. The van der Waals surface area contributed by atoms with Crippen molar-refractivity contribution in [1.82, 2.24) is 4.98 Å². The van der Waals surface area contributed by atoms with Crippen LogP contribution in [0.1, 0.15) is 25.0 Å². The van der Waals surface area contributed by atoms with Gasteiger partial charge in [-0.25, -0.2) is 13.4 Å². The predicted octanol–water partition coefficient (Wildman–Crippen LogP) is 1.92. The fourth-order valence-corrected chi connectivity index (χ4v) is 3.14. The smallest absolute Gasteiger partial charge is 0.227 e. The number of rotatable bonds is 5. The number of oxazole rings is 1. The van der Waals surface area contributed by atoms with Crippen LogP contribution in [0.4, 0.5) is 0 Å². The number of nitrogens with zero attached hydrogens (tertiary/aromatic N) is 1. The summed E-state index contributed by atoms with van der Waals surface area (Å²) >= 11 is 0. The van der Waals surface area contributed by atoms with Crippen LogP contribution in [0.15, 0.2) is 44.7 Å². The van der Waals surface area contributed by atoms with Crippen molar-refractivity contribution < 1.29 is 12.8 Å². The molecule has 0 atom stereocenters. The molecule has 2 rings (SSSR count). The molecule has 0 aliphatic rings. The van der Waals surface area contributed by atoms with Gasteiger partial charge in [0.1, 0.15) is 0 Å². The van der Waals surface area contributed by atoms with Gasteiger partial charge >= 0.3 is 0 Å². The standard InChI is InChI=1S/C13H16N2O3S/c1-2-6-12-15-13(11(9-14)18-12)19(16,17)10-7-4-3-5-8-10/h3-5,7-8H,2,6,9,14H2,1H3. The van der Waals surface area contributed by atoms with E-state index in [1.807, 2.05) is 6.92 Å². The highest BCUT2D eigenvalue weighted by Crippen LogP contribution is 2.24. The number of sulfone groups is 1. The molecular formula is C13H16N2O3S. The van der Waals surface area contributed by atoms with E-state index in [0.29, 0.717) is 12.3 Å². The maximum Gasteiger partial charge on any atom is 0.227 e. The van der Waals surface area contributed by atoms with Crippen LogP contribution in [-0.2, 0) is 22.8 Å². The molecule has 6 heteroatoms. The van der Waals surface area contributed by atoms with Gasteiger partial charge in [0.2, 0.25) is 14.9 Å². The first-order valence-corrected chi connectivity index (χ1v) is 7.56. The first kappa shape index (κ1) is 13.8. The number of nitrogens with two attached hydrogens (primary N) is 1. The molecule has 0 unspecified atom stereocenters. The van der Waals surface area contributed by atoms with Crippen molar-refractivity contribution in [2.24, 2.45) is 5.73 Å². The highest BCUT2D eigenvalue weighted by atomic mass is 32.2. The van der Waals surface area contributed by atoms with E-state index in [1.165, 1.54) is 12.1 Å². The van der Waals surface area contributed by atoms with Crippen LogP contribution in [0.5, 0.6) is 0 Å². The van der Waals surface area contributed by atoms with E-state index in [1.54, 1.807) is 18.2 Å². The Morgan fingerprint density at radius 1 is 1.26 bits per heavy atom. The van der Waals surface area contributed by atoms with Gasteiger partial charge in [-0.1, -0.05) is 25.1 Å². The zero-order chi connectivity index (χ0) is 13.9. The Labute approximate surface area is 112 Å². The molecule has 1 aromatic heterocycles. The normalized spacial score (nSPS) is 11.7. The topological polar surface area (TPSA) is 86.2 Å². The second-order valence-electron chi connectivity index (χ2n) is 4.11. The van der Waals surface area contributed by atoms with Crippen molar-refractivity contribution >= 4 is 9.84 Å². The minimum Gasteiger partial charge on any atom is -0.443 e. The molecule has 0 radical (unpaired) electrons. The van der Waals surface area contributed by atoms with Crippen molar-refractivity contribution in [2.75, 3.05) is 0 Å². The molecule has 0 saturated carbocycles. The summed E-state index contributed by atoms with van der Waals surface area (Å²) in [6, 6.07) is 8.16. The van der Waals surface area contributed by atoms with Gasteiger partial charge in [-0.2, -0.15) is 0 Å². The summed E-state index contributed by atoms with van der Waals surface area (Å²) in [5.74, 6) is 0.629. The van der Waals surface area contributed by atoms with Gasteiger partial charge in [0, 0.05) is 6.42 Å². The van der Waals surface area contributed by atoms with Crippen LogP contribution >= 0.6 is 0 Å². The highest BCUT2D eigenvalue weighted by molar-refractivity contribution is 7.91. The van der Waals surface area contributed by atoms with Crippen LogP contribution in [0.2, 0.25) is 0 Å². The van der Waals surface area contributed by atoms with Crippen LogP contribution in [-0.4, -0.2) is 13.4 Å². The molecule has 19 heavy (non-hydrogen) atoms. The lowest BCUT2D eigenvalue weighted by molar-refractivity contribution is 0.450. The van der Waals surface area contributed by atoms with Crippen LogP contribution < -0.4 is 5.73 Å². The molecule has 2 aromatic rings. The monoisotopic (exact) mass is 280 g/mol. The number of aryl methyl sites for hydroxylation is 1. The zero-order valence-electron chi connectivity index (χ0n) is 10.7. The first-order chi connectivity index (χ1) is 9.09. The number of hydrogen-bond acceptors (Lipinski definition) is 5. The van der Waals surface area contributed by atoms with E-state index in [9.17, 15) is 8.42 Å². The van der Waals surface area contributed by atoms with Crippen LogP contribution in [0.25, 0.3) is 0 Å². The van der Waals surface area contributed by atoms with E-state index in [2.05, 4.69) is 4.98 Å². The van der Waals surface area contributed by atoms with Crippen molar-refractivity contribution in [2.45, 2.75) is 36.2 Å². The van der Waals surface area contributed by atoms with Crippen LogP contribution in [0, 0.1) is 0 Å². The van der Waals surface area contributed by atoms with Gasteiger partial charge in [0.05, 0.1) is 11.4 Å². The Balaban J connectivity index is 2.51. The molecule has 0 fully saturated rings. The fraction of sp³-hybridized carbons (Fsp3) is 0.308. The van der Waals surface area contributed by atoms with E-state index < -0.39 is 9.84 Å². The van der Waals surface area contributed by atoms with Gasteiger partial charge in [-0.15, -0.1) is 0 Å². The third kappa shape index (κ3) is 2.69. The van der Waals surface area contributed by atoms with Gasteiger partial charge in [0.25, 0.3) is 0 Å². The maximum absolute atomic E-state index is 12.5. The molecule has 0 aliphatic heterocycles. The zero-order valence-corrected chi connectivity index (χ0v) is 11.5. The minimum absolute atomic E-state index is 0.0120. The Morgan fingerprint density at radius 3 is 2.53 bits per heavy atom. The van der Waals surface area contributed by atoms with E-state index in [4.69, 9.17) is 10.2 Å². The van der Waals surface area contributed by atoms with Crippen LogP contribution in [0.3, 0.4) is 0 Å². The Morgan fingerprint density at radius 2 is 1.95 bits per heavy atom. The summed E-state index contributed by atoms with van der Waals surface area (Å²) in [7, 11) is -3.66. The largest absolute Gasteiger partial charge is 0.443 e. The summed E-state index contributed by atoms with van der Waals surface area (Å²) in [5.41, 5.74) is 5.54. The molecule has 0 bridgehead atoms. The lowest BCUT2D eigenvalue weighted by Gasteiger charge is -2.01. The Bertz CT molecular complexity index is 648. The summed E-state index contributed by atoms with van der Waals surface area (Å²) in [5, 5.41) is -0.0651. The number of aromatic nitrogens is 1. The Hall–Kier alpha value is -1.66. The quantitative estimate of drug-likeness (QED) is 0.904. The van der Waals surface area contributed by atoms with E-state index in [0.717, 1.165) is 6.42 Å². The minimum atomic E-state index is -3.66. The summed E-state index contributed by atoms with van der Waals surface area (Å²) in [4.78, 5) is 4.28. The van der Waals surface area contributed by atoms with Crippen molar-refractivity contribution in [3.63, 3.8) is 0 Å². The lowest BCUT2D eigenvalue weighted by atomic mass is 10.3. The maximum atomic E-state index is 12.5. The SMILES string of the molecule is CCCc1nc(S(=O)(=O)c2ccccc2)c(CN)o1. The van der Waals surface area contributed by atoms with E-state index >= 15 is 0 Å². The molecule has 102 valence electrons. The van der Waals surface area contributed by atoms with Gasteiger partial charge in [-0.05, 0) is 18.6 Å². The van der Waals surface area contributed by atoms with Crippen molar-refractivity contribution in [3.05, 3.63) is 42.0 Å². The van der Waals surface area contributed by atoms with Gasteiger partial charge in [-0.3, -0.25) is 0 Å². The van der Waals surface area contributed by atoms with E-state index in [-0.39, 0.29) is 22.2 Å². The first-order valence-electron chi connectivity index (χ1n) is 6.08. The molecule has 0 spiro atoms. The molecule has 0 aliphatic carbocycles. The molecular weight excluding hydrogens is 264 g/mol. The molecule has 0 saturated heterocycles. The molecule has 2 N–H and O–H groups in total. The highest BCUT2D eigenvalue weighted by Gasteiger charge is 2.26. The second-order valence-corrected chi connectivity index (χ2v) is 5.97. The average Bonchev–Trinajstić information content (AvgIpc) is 2.84. The third-order valence-electron chi connectivity index (χ3n) is 2.66. The second kappa shape index (κ2) is 5.54. The summed E-state index contributed by atoms with van der Waals surface area (Å²) in [6.45, 7) is 1.98. The molecule has 1 heterocycles. The van der Waals surface area contributed by atoms with Crippen molar-refractivity contribution in [3.8, 4) is 0 Å². The predicted molar refractivity (Wildman–Crippen MR) is 70.3 cm³/mol. The lowest BCUT2D eigenvalue weighted by Crippen LogP contribution is -2.07. The number of benzene rings is 1. The Kier molecular flexibility index (Phi) is 4.01. The molecule has 5 nitrogen and oxygen atoms in total. The van der Waals surface area contributed by atoms with Gasteiger partial charge < -0.3 is 10.2 Å². The number of hydrogen-bond donors (Lipinski definition) is 1. The summed E-state index contributed by atoms with van der Waals surface area (Å²) in [6.07, 6.45) is 1.42. The van der Waals surface area contributed by atoms with Gasteiger partial charge in [0.15, 0.2) is 11.7 Å². The molecule has 1 aromatic carbocycles. The summed E-state index contributed by atoms with van der Waals surface area (Å²) < 4.78 is 30.3. The third-order valence-corrected chi connectivity index (χ3v) is 4.38. The average molecular weight is 280 g/mol. The molecule has 0 amide bonds. The van der Waals surface area contributed by atoms with Crippen molar-refractivity contribution in [1.29, 1.82) is 0 Å².